The molecular weight excluding hydrogens is 294 g/mol. The fourth-order valence-corrected chi connectivity index (χ4v) is 2.95. The Balaban J connectivity index is 1.59. The van der Waals surface area contributed by atoms with E-state index < -0.39 is 0 Å². The number of nitrogens with one attached hydrogen (secondary N) is 1. The van der Waals surface area contributed by atoms with E-state index in [0.29, 0.717) is 5.22 Å². The summed E-state index contributed by atoms with van der Waals surface area (Å²) in [6, 6.07) is 9.36. The van der Waals surface area contributed by atoms with Gasteiger partial charge in [0.25, 0.3) is 5.22 Å². The van der Waals surface area contributed by atoms with E-state index in [1.165, 1.54) is 23.3 Å². The third kappa shape index (κ3) is 3.00. The first-order valence-electron chi connectivity index (χ1n) is 5.92. The van der Waals surface area contributed by atoms with Gasteiger partial charge in [-0.3, -0.25) is 4.79 Å². The standard InChI is InChI=1S/C13H11N3O2S2/c1-8-6-12(20-16-8)15-11(17)7-19-13-14-9-4-2-3-5-10(9)18-13/h2-6H,7H2,1H3,(H,15,17). The predicted octanol–water partition coefficient (Wildman–Crippen LogP) is 3.32. The average molecular weight is 305 g/mol. The van der Waals surface area contributed by atoms with Gasteiger partial charge in [-0.25, -0.2) is 4.98 Å². The van der Waals surface area contributed by atoms with Crippen LogP contribution in [-0.2, 0) is 4.79 Å². The van der Waals surface area contributed by atoms with E-state index in [9.17, 15) is 4.79 Å². The Morgan fingerprint density at radius 1 is 1.45 bits per heavy atom. The molecule has 7 heteroatoms. The summed E-state index contributed by atoms with van der Waals surface area (Å²) in [5.41, 5.74) is 2.43. The number of carbonyl (C=O) groups is 1. The lowest BCUT2D eigenvalue weighted by molar-refractivity contribution is -0.113. The zero-order valence-corrected chi connectivity index (χ0v) is 12.3. The number of benzene rings is 1. The minimum absolute atomic E-state index is 0.0964. The maximum absolute atomic E-state index is 11.8. The molecule has 0 saturated carbocycles. The SMILES string of the molecule is Cc1cc(NC(=O)CSc2nc3ccccc3o2)sn1. The van der Waals surface area contributed by atoms with E-state index in [1.54, 1.807) is 0 Å². The average Bonchev–Trinajstić information content (AvgIpc) is 3.02. The van der Waals surface area contributed by atoms with Gasteiger partial charge in [-0.1, -0.05) is 23.9 Å². The van der Waals surface area contributed by atoms with Gasteiger partial charge in [0.15, 0.2) is 5.58 Å². The van der Waals surface area contributed by atoms with Gasteiger partial charge < -0.3 is 9.73 Å². The number of aromatic nitrogens is 2. The van der Waals surface area contributed by atoms with Crippen LogP contribution >= 0.6 is 23.3 Å². The number of oxazole rings is 1. The van der Waals surface area contributed by atoms with Crippen molar-refractivity contribution in [3.05, 3.63) is 36.0 Å². The van der Waals surface area contributed by atoms with Gasteiger partial charge in [-0.2, -0.15) is 4.37 Å². The second-order valence-electron chi connectivity index (χ2n) is 4.12. The lowest BCUT2D eigenvalue weighted by Gasteiger charge is -1.99. The molecule has 1 N–H and O–H groups in total. The molecule has 0 aliphatic rings. The van der Waals surface area contributed by atoms with E-state index in [2.05, 4.69) is 14.7 Å². The molecule has 2 aromatic heterocycles. The van der Waals surface area contributed by atoms with Crippen molar-refractivity contribution < 1.29 is 9.21 Å². The van der Waals surface area contributed by atoms with Crippen molar-refractivity contribution in [2.75, 3.05) is 11.1 Å². The van der Waals surface area contributed by atoms with Crippen LogP contribution in [0.25, 0.3) is 11.1 Å². The molecule has 0 atom stereocenters. The van der Waals surface area contributed by atoms with Crippen LogP contribution in [0.1, 0.15) is 5.69 Å². The molecule has 0 spiro atoms. The molecule has 1 aromatic carbocycles. The predicted molar refractivity (Wildman–Crippen MR) is 80.2 cm³/mol. The minimum Gasteiger partial charge on any atom is -0.431 e. The second kappa shape index (κ2) is 5.64. The third-order valence-electron chi connectivity index (χ3n) is 2.49. The van der Waals surface area contributed by atoms with Gasteiger partial charge in [-0.05, 0) is 36.7 Å². The van der Waals surface area contributed by atoms with E-state index in [4.69, 9.17) is 4.42 Å². The van der Waals surface area contributed by atoms with E-state index in [-0.39, 0.29) is 11.7 Å². The largest absolute Gasteiger partial charge is 0.431 e. The topological polar surface area (TPSA) is 68.0 Å². The summed E-state index contributed by atoms with van der Waals surface area (Å²) in [5, 5.41) is 4.05. The highest BCUT2D eigenvalue weighted by Gasteiger charge is 2.10. The van der Waals surface area contributed by atoms with Crippen LogP contribution in [-0.4, -0.2) is 21.0 Å². The molecule has 20 heavy (non-hydrogen) atoms. The minimum atomic E-state index is -0.0964. The molecule has 0 aliphatic heterocycles. The van der Waals surface area contributed by atoms with Gasteiger partial charge in [-0.15, -0.1) is 0 Å². The maximum Gasteiger partial charge on any atom is 0.257 e. The van der Waals surface area contributed by atoms with E-state index in [1.807, 2.05) is 37.3 Å². The molecule has 3 aromatic rings. The molecule has 0 radical (unpaired) electrons. The van der Waals surface area contributed by atoms with Crippen LogP contribution in [0.15, 0.2) is 40.0 Å². The first-order chi connectivity index (χ1) is 9.70. The summed E-state index contributed by atoms with van der Waals surface area (Å²) in [4.78, 5) is 16.1. The number of hydrogen-bond donors (Lipinski definition) is 1. The fourth-order valence-electron chi connectivity index (χ4n) is 1.64. The van der Waals surface area contributed by atoms with E-state index in [0.717, 1.165) is 21.8 Å². The number of rotatable bonds is 4. The molecule has 5 nitrogen and oxygen atoms in total. The zero-order chi connectivity index (χ0) is 13.9. The van der Waals surface area contributed by atoms with Crippen molar-refractivity contribution in [3.63, 3.8) is 0 Å². The lowest BCUT2D eigenvalue weighted by Crippen LogP contribution is -2.12. The van der Waals surface area contributed by atoms with Gasteiger partial charge >= 0.3 is 0 Å². The van der Waals surface area contributed by atoms with Gasteiger partial charge in [0.2, 0.25) is 5.91 Å². The summed E-state index contributed by atoms with van der Waals surface area (Å²) in [7, 11) is 0. The lowest BCUT2D eigenvalue weighted by atomic mass is 10.3. The van der Waals surface area contributed by atoms with E-state index >= 15 is 0 Å². The summed E-state index contributed by atoms with van der Waals surface area (Å²) in [5.74, 6) is 0.157. The van der Waals surface area contributed by atoms with Crippen molar-refractivity contribution >= 4 is 45.3 Å². The number of aryl methyl sites for hydroxylation is 1. The number of carbonyl (C=O) groups excluding carboxylic acids is 1. The fraction of sp³-hybridized carbons (Fsp3) is 0.154. The summed E-state index contributed by atoms with van der Waals surface area (Å²) >= 11 is 2.55. The Bertz CT molecular complexity index is 718. The number of nitrogens with zero attached hydrogens (tertiary/aromatic N) is 2. The van der Waals surface area contributed by atoms with Gasteiger partial charge in [0.05, 0.1) is 11.4 Å². The van der Waals surface area contributed by atoms with Crippen molar-refractivity contribution in [1.82, 2.24) is 9.36 Å². The number of thioether (sulfide) groups is 1. The molecule has 2 heterocycles. The third-order valence-corrected chi connectivity index (χ3v) is 4.12. The Morgan fingerprint density at radius 2 is 2.30 bits per heavy atom. The molecule has 1 amide bonds. The normalized spacial score (nSPS) is 10.8. The maximum atomic E-state index is 11.8. The smallest absolute Gasteiger partial charge is 0.257 e. The van der Waals surface area contributed by atoms with Crippen molar-refractivity contribution in [2.24, 2.45) is 0 Å². The molecule has 3 rings (SSSR count). The molecular formula is C13H11N3O2S2. The molecule has 0 fully saturated rings. The van der Waals surface area contributed by atoms with Gasteiger partial charge in [0, 0.05) is 0 Å². The molecule has 0 aliphatic carbocycles. The number of fused-ring (bicyclic) bond motifs is 1. The van der Waals surface area contributed by atoms with Crippen LogP contribution in [0.2, 0.25) is 0 Å². The number of amides is 1. The van der Waals surface area contributed by atoms with Crippen LogP contribution in [0.5, 0.6) is 0 Å². The number of hydrogen-bond acceptors (Lipinski definition) is 6. The molecule has 102 valence electrons. The quantitative estimate of drug-likeness (QED) is 0.749. The molecule has 0 saturated heterocycles. The van der Waals surface area contributed by atoms with Crippen LogP contribution < -0.4 is 5.32 Å². The van der Waals surface area contributed by atoms with Crippen molar-refractivity contribution in [1.29, 1.82) is 0 Å². The van der Waals surface area contributed by atoms with Crippen molar-refractivity contribution in [3.8, 4) is 0 Å². The second-order valence-corrected chi connectivity index (χ2v) is 5.85. The Kier molecular flexibility index (Phi) is 3.70. The highest BCUT2D eigenvalue weighted by molar-refractivity contribution is 7.99. The number of para-hydroxylation sites is 2. The summed E-state index contributed by atoms with van der Waals surface area (Å²) in [6.07, 6.45) is 0. The van der Waals surface area contributed by atoms with Crippen LogP contribution in [0.3, 0.4) is 0 Å². The molecule has 0 bridgehead atoms. The summed E-state index contributed by atoms with van der Waals surface area (Å²) in [6.45, 7) is 1.89. The Morgan fingerprint density at radius 3 is 3.05 bits per heavy atom. The highest BCUT2D eigenvalue weighted by atomic mass is 32.2. The Labute approximate surface area is 123 Å². The summed E-state index contributed by atoms with van der Waals surface area (Å²) < 4.78 is 9.64. The monoisotopic (exact) mass is 305 g/mol. The van der Waals surface area contributed by atoms with Crippen LogP contribution in [0.4, 0.5) is 5.00 Å². The first kappa shape index (κ1) is 13.1. The Hall–Kier alpha value is -1.86. The highest BCUT2D eigenvalue weighted by Crippen LogP contribution is 2.23. The number of anilines is 1. The zero-order valence-electron chi connectivity index (χ0n) is 10.6. The molecule has 0 unspecified atom stereocenters. The van der Waals surface area contributed by atoms with Crippen LogP contribution in [0, 0.1) is 6.92 Å². The van der Waals surface area contributed by atoms with Crippen molar-refractivity contribution in [2.45, 2.75) is 12.1 Å². The first-order valence-corrected chi connectivity index (χ1v) is 7.68. The van der Waals surface area contributed by atoms with Gasteiger partial charge in [0.1, 0.15) is 10.5 Å².